The summed E-state index contributed by atoms with van der Waals surface area (Å²) in [4.78, 5) is 2.67. The van der Waals surface area contributed by atoms with E-state index in [-0.39, 0.29) is 6.71 Å². The van der Waals surface area contributed by atoms with E-state index < -0.39 is 5.41 Å². The molecule has 0 N–H and O–H groups in total. The summed E-state index contributed by atoms with van der Waals surface area (Å²) in [5.74, 6) is 0. The molecule has 2 nitrogen and oxygen atoms in total. The summed E-state index contributed by atoms with van der Waals surface area (Å²) in [5, 5.41) is 2.46. The predicted molar refractivity (Wildman–Crippen MR) is 320 cm³/mol. The first kappa shape index (κ1) is 43.8. The summed E-state index contributed by atoms with van der Waals surface area (Å²) in [5.41, 5.74) is 24.4. The third-order valence-corrected chi connectivity index (χ3v) is 16.3. The summed E-state index contributed by atoms with van der Waals surface area (Å²) in [6.45, 7) is -0.127. The maximum absolute atomic E-state index is 2.67. The number of nitrogens with zero attached hydrogens (tertiary/aromatic N) is 2. The second-order valence-corrected chi connectivity index (χ2v) is 20.3. The second kappa shape index (κ2) is 17.8. The van der Waals surface area contributed by atoms with E-state index in [1.807, 2.05) is 0 Å². The Morgan fingerprint density at radius 1 is 0.303 bits per heavy atom. The Morgan fingerprint density at radius 3 is 1.28 bits per heavy atom. The molecule has 0 fully saturated rings. The van der Waals surface area contributed by atoms with Crippen molar-refractivity contribution < 1.29 is 0 Å². The summed E-state index contributed by atoms with van der Waals surface area (Å²) >= 11 is 0. The molecule has 0 radical (unpaired) electrons. The Kier molecular flexibility index (Phi) is 10.2. The van der Waals surface area contributed by atoms with Crippen molar-refractivity contribution in [3.8, 4) is 50.2 Å². The van der Waals surface area contributed by atoms with Crippen LogP contribution in [0.5, 0.6) is 0 Å². The van der Waals surface area contributed by atoms with Crippen molar-refractivity contribution in [3.63, 3.8) is 0 Å². The Labute approximate surface area is 444 Å². The molecule has 2 aliphatic rings. The van der Waals surface area contributed by atoms with Crippen molar-refractivity contribution in [1.82, 2.24) is 4.57 Å². The fourth-order valence-electron chi connectivity index (χ4n) is 13.1. The van der Waals surface area contributed by atoms with Crippen molar-refractivity contribution in [3.05, 3.63) is 320 Å². The van der Waals surface area contributed by atoms with Crippen LogP contribution in [0.2, 0.25) is 0 Å². The monoisotopic (exact) mass is 964 g/mol. The maximum atomic E-state index is 2.67. The molecule has 76 heavy (non-hydrogen) atoms. The van der Waals surface area contributed by atoms with Gasteiger partial charge in [0, 0.05) is 39.0 Å². The van der Waals surface area contributed by atoms with Gasteiger partial charge in [-0.2, -0.15) is 0 Å². The molecule has 0 atom stereocenters. The highest BCUT2D eigenvalue weighted by molar-refractivity contribution is 6.99. The largest absolute Gasteiger partial charge is 0.310 e. The van der Waals surface area contributed by atoms with Gasteiger partial charge in [-0.1, -0.05) is 272 Å². The zero-order valence-electron chi connectivity index (χ0n) is 41.8. The Hall–Kier alpha value is -9.70. The van der Waals surface area contributed by atoms with Crippen LogP contribution in [0.25, 0.3) is 72.0 Å². The topological polar surface area (TPSA) is 8.17 Å². The highest BCUT2D eigenvalue weighted by atomic mass is 15.2. The summed E-state index contributed by atoms with van der Waals surface area (Å²) in [7, 11) is 0. The van der Waals surface area contributed by atoms with Crippen molar-refractivity contribution in [2.24, 2.45) is 0 Å². The van der Waals surface area contributed by atoms with Crippen LogP contribution in [0.1, 0.15) is 22.3 Å². The fourth-order valence-corrected chi connectivity index (χ4v) is 13.1. The molecule has 0 saturated carbocycles. The molecular formula is C73H49BN2. The molecule has 3 heterocycles. The third kappa shape index (κ3) is 6.69. The smallest absolute Gasteiger partial charge is 0.247 e. The maximum Gasteiger partial charge on any atom is 0.247 e. The van der Waals surface area contributed by atoms with Crippen LogP contribution in [0.15, 0.2) is 297 Å². The van der Waals surface area contributed by atoms with E-state index in [2.05, 4.69) is 307 Å². The predicted octanol–water partition coefficient (Wildman–Crippen LogP) is 16.4. The van der Waals surface area contributed by atoms with E-state index in [4.69, 9.17) is 0 Å². The molecule has 12 aromatic carbocycles. The van der Waals surface area contributed by atoms with E-state index in [0.717, 1.165) is 45.0 Å². The van der Waals surface area contributed by atoms with Gasteiger partial charge in [-0.3, -0.25) is 0 Å². The van der Waals surface area contributed by atoms with Crippen LogP contribution < -0.4 is 21.3 Å². The van der Waals surface area contributed by atoms with E-state index in [0.29, 0.717) is 0 Å². The first-order valence-corrected chi connectivity index (χ1v) is 26.5. The lowest BCUT2D eigenvalue weighted by molar-refractivity contribution is 0.750. The lowest BCUT2D eigenvalue weighted by atomic mass is 9.29. The first-order chi connectivity index (χ1) is 37.7. The number of hydrogen-bond acceptors (Lipinski definition) is 1. The molecule has 1 aromatic heterocycles. The standard InChI is InChI=1S/C73H49BN2/c1-7-24-50(25-8-1)54-42-44-65-63(46-54)73(56-32-15-5-16-33-56,57-34-17-6-18-35-57)64-48-58(75-67-40-21-19-36-61(67)62-37-20-22-41-68(62)75)49-70-71(64)74(65)66-45-43-55(51-26-9-2-10-27-51)47-69(66)76(70)72-59(52-28-11-3-12-29-52)38-23-39-60(72)53-30-13-4-14-31-53/h1-49H. The molecule has 2 aliphatic heterocycles. The average Bonchev–Trinajstić information content (AvgIpc) is 3.99. The molecule has 0 bridgehead atoms. The van der Waals surface area contributed by atoms with Crippen LogP contribution >= 0.6 is 0 Å². The molecule has 0 amide bonds. The Bertz CT molecular complexity index is 4170. The third-order valence-electron chi connectivity index (χ3n) is 16.3. The second-order valence-electron chi connectivity index (χ2n) is 20.3. The van der Waals surface area contributed by atoms with Gasteiger partial charge in [-0.15, -0.1) is 0 Å². The molecule has 0 spiro atoms. The number of aromatic nitrogens is 1. The first-order valence-electron chi connectivity index (χ1n) is 26.5. The van der Waals surface area contributed by atoms with Gasteiger partial charge in [0.15, 0.2) is 0 Å². The van der Waals surface area contributed by atoms with Crippen molar-refractivity contribution in [1.29, 1.82) is 0 Å². The highest BCUT2D eigenvalue weighted by Crippen LogP contribution is 2.54. The molecular weight excluding hydrogens is 916 g/mol. The van der Waals surface area contributed by atoms with Crippen LogP contribution in [-0.2, 0) is 5.41 Å². The molecule has 0 aliphatic carbocycles. The zero-order chi connectivity index (χ0) is 50.2. The van der Waals surface area contributed by atoms with Crippen molar-refractivity contribution in [2.75, 3.05) is 4.90 Å². The molecule has 0 unspecified atom stereocenters. The van der Waals surface area contributed by atoms with Crippen LogP contribution in [0, 0.1) is 0 Å². The van der Waals surface area contributed by atoms with Gasteiger partial charge in [-0.05, 0) is 96.9 Å². The zero-order valence-corrected chi connectivity index (χ0v) is 41.8. The summed E-state index contributed by atoms with van der Waals surface area (Å²) < 4.78 is 2.53. The lowest BCUT2D eigenvalue weighted by Gasteiger charge is -2.49. The molecule has 3 heteroatoms. The van der Waals surface area contributed by atoms with Crippen LogP contribution in [-0.4, -0.2) is 11.3 Å². The van der Waals surface area contributed by atoms with Gasteiger partial charge in [-0.25, -0.2) is 0 Å². The number of hydrogen-bond donors (Lipinski definition) is 0. The van der Waals surface area contributed by atoms with E-state index in [9.17, 15) is 0 Å². The number of benzene rings is 12. The molecule has 354 valence electrons. The fraction of sp³-hybridized carbons (Fsp3) is 0.0137. The van der Waals surface area contributed by atoms with Crippen LogP contribution in [0.3, 0.4) is 0 Å². The number of fused-ring (bicyclic) bond motifs is 7. The van der Waals surface area contributed by atoms with Gasteiger partial charge < -0.3 is 9.47 Å². The highest BCUT2D eigenvalue weighted by Gasteiger charge is 2.52. The number of rotatable bonds is 8. The minimum Gasteiger partial charge on any atom is -0.310 e. The van der Waals surface area contributed by atoms with Gasteiger partial charge in [0.05, 0.1) is 22.1 Å². The molecule has 15 rings (SSSR count). The minimum absolute atomic E-state index is 0.127. The minimum atomic E-state index is -0.771. The number of anilines is 3. The SMILES string of the molecule is c1ccc(-c2ccc3c(c2)N(c2c(-c4ccccc4)cccc2-c2ccccc2)c2cc(-n4c5ccccc5c5ccccc54)cc4c2B3c2ccc(-c3ccccc3)cc2C4(c2ccccc2)c2ccccc2)cc1. The van der Waals surface area contributed by atoms with E-state index >= 15 is 0 Å². The van der Waals surface area contributed by atoms with Gasteiger partial charge >= 0.3 is 0 Å². The normalized spacial score (nSPS) is 13.1. The Balaban J connectivity index is 1.17. The van der Waals surface area contributed by atoms with Crippen molar-refractivity contribution >= 4 is 62.0 Å². The molecule has 13 aromatic rings. The average molecular weight is 965 g/mol. The molecule has 0 saturated heterocycles. The van der Waals surface area contributed by atoms with Gasteiger partial charge in [0.25, 0.3) is 0 Å². The summed E-state index contributed by atoms with van der Waals surface area (Å²) in [6.07, 6.45) is 0. The Morgan fingerprint density at radius 2 is 0.750 bits per heavy atom. The van der Waals surface area contributed by atoms with Crippen LogP contribution in [0.4, 0.5) is 17.1 Å². The van der Waals surface area contributed by atoms with Gasteiger partial charge in [0.2, 0.25) is 6.71 Å². The summed E-state index contributed by atoms with van der Waals surface area (Å²) in [6, 6.07) is 111. The quantitative estimate of drug-likeness (QED) is 0.138. The van der Waals surface area contributed by atoms with Crippen molar-refractivity contribution in [2.45, 2.75) is 5.41 Å². The van der Waals surface area contributed by atoms with E-state index in [1.165, 1.54) is 82.7 Å². The van der Waals surface area contributed by atoms with Gasteiger partial charge in [0.1, 0.15) is 0 Å². The van der Waals surface area contributed by atoms with E-state index in [1.54, 1.807) is 0 Å². The number of para-hydroxylation sites is 3. The lowest BCUT2D eigenvalue weighted by Crippen LogP contribution is -2.65.